The van der Waals surface area contributed by atoms with Crippen LogP contribution in [0.5, 0.6) is 0 Å². The quantitative estimate of drug-likeness (QED) is 0.503. The highest BCUT2D eigenvalue weighted by atomic mass is 16.6. The summed E-state index contributed by atoms with van der Waals surface area (Å²) in [4.78, 5) is 11.3. The minimum atomic E-state index is -0.465. The Bertz CT molecular complexity index is 650. The third-order valence-corrected chi connectivity index (χ3v) is 6.24. The van der Waals surface area contributed by atoms with Crippen LogP contribution in [-0.2, 0) is 30.3 Å². The number of cyclic esters (lactones) is 1. The number of esters is 1. The summed E-state index contributed by atoms with van der Waals surface area (Å²) in [5.41, 5.74) is 1.16. The average Bonchev–Trinajstić information content (AvgIpc) is 3.48. The highest BCUT2D eigenvalue weighted by Crippen LogP contribution is 2.36. The monoisotopic (exact) mass is 404 g/mol. The van der Waals surface area contributed by atoms with Crippen molar-refractivity contribution in [2.75, 3.05) is 6.61 Å². The maximum atomic E-state index is 11.3. The summed E-state index contributed by atoms with van der Waals surface area (Å²) in [5.74, 6) is -0.116. The van der Waals surface area contributed by atoms with Crippen LogP contribution in [0.3, 0.4) is 0 Å². The summed E-state index contributed by atoms with van der Waals surface area (Å²) < 4.78 is 23.3. The van der Waals surface area contributed by atoms with Gasteiger partial charge >= 0.3 is 5.97 Å². The van der Waals surface area contributed by atoms with Crippen molar-refractivity contribution in [2.45, 2.75) is 94.6 Å². The van der Waals surface area contributed by atoms with Gasteiger partial charge in [-0.15, -0.1) is 0 Å². The Balaban J connectivity index is 1.12. The first-order valence-electron chi connectivity index (χ1n) is 11.0. The molecular formula is C23H32O6. The highest BCUT2D eigenvalue weighted by Gasteiger charge is 2.43. The van der Waals surface area contributed by atoms with Gasteiger partial charge in [-0.25, -0.2) is 0 Å². The van der Waals surface area contributed by atoms with Gasteiger partial charge in [0.1, 0.15) is 6.10 Å². The highest BCUT2D eigenvalue weighted by molar-refractivity contribution is 5.71. The van der Waals surface area contributed by atoms with E-state index >= 15 is 0 Å². The fourth-order valence-electron chi connectivity index (χ4n) is 4.64. The molecule has 3 aliphatic rings. The Morgan fingerprint density at radius 2 is 1.69 bits per heavy atom. The van der Waals surface area contributed by atoms with Gasteiger partial charge in [-0.05, 0) is 50.5 Å². The molecule has 3 aliphatic heterocycles. The largest absolute Gasteiger partial charge is 0.460 e. The fraction of sp³-hybridized carbons (Fsp3) is 0.696. The Morgan fingerprint density at radius 3 is 2.45 bits per heavy atom. The molecule has 160 valence electrons. The molecule has 0 spiro atoms. The van der Waals surface area contributed by atoms with Gasteiger partial charge in [0.15, 0.2) is 0 Å². The third-order valence-electron chi connectivity index (χ3n) is 6.24. The van der Waals surface area contributed by atoms with E-state index in [9.17, 15) is 9.90 Å². The minimum Gasteiger partial charge on any atom is -0.460 e. The molecule has 0 aromatic heterocycles. The minimum absolute atomic E-state index is 0.000729. The molecule has 3 heterocycles. The molecule has 3 saturated heterocycles. The number of ether oxygens (including phenoxy) is 4. The van der Waals surface area contributed by atoms with Crippen molar-refractivity contribution in [1.82, 2.24) is 0 Å². The third kappa shape index (κ3) is 5.57. The first kappa shape index (κ1) is 20.8. The van der Waals surface area contributed by atoms with Gasteiger partial charge in [0.2, 0.25) is 0 Å². The van der Waals surface area contributed by atoms with Crippen LogP contribution in [0.1, 0.15) is 56.9 Å². The number of rotatable bonds is 9. The number of benzene rings is 1. The summed E-state index contributed by atoms with van der Waals surface area (Å²) in [6.45, 7) is 1.24. The molecule has 0 amide bonds. The van der Waals surface area contributed by atoms with Gasteiger partial charge in [0, 0.05) is 13.0 Å². The van der Waals surface area contributed by atoms with Crippen LogP contribution in [0.4, 0.5) is 0 Å². The van der Waals surface area contributed by atoms with E-state index in [1.165, 1.54) is 0 Å². The summed E-state index contributed by atoms with van der Waals surface area (Å²) in [6, 6.07) is 10.1. The molecule has 6 atom stereocenters. The lowest BCUT2D eigenvalue weighted by atomic mass is 10.0. The zero-order valence-electron chi connectivity index (χ0n) is 16.9. The van der Waals surface area contributed by atoms with Crippen molar-refractivity contribution in [1.29, 1.82) is 0 Å². The summed E-state index contributed by atoms with van der Waals surface area (Å²) in [6.07, 6.45) is 5.76. The van der Waals surface area contributed by atoms with Gasteiger partial charge in [-0.3, -0.25) is 4.79 Å². The topological polar surface area (TPSA) is 74.2 Å². The lowest BCUT2D eigenvalue weighted by Gasteiger charge is -2.24. The SMILES string of the molecule is O=C1CC[C@@H]([C@H]2CC[C@H]([C@H]3CC[C@@H]([C@H](O)CCCOCc4ccccc4)O3)O2)O1. The van der Waals surface area contributed by atoms with E-state index in [4.69, 9.17) is 18.9 Å². The van der Waals surface area contributed by atoms with E-state index in [0.717, 1.165) is 44.1 Å². The van der Waals surface area contributed by atoms with Gasteiger partial charge in [-0.2, -0.15) is 0 Å². The maximum Gasteiger partial charge on any atom is 0.306 e. The number of carbonyl (C=O) groups is 1. The normalized spacial score (nSPS) is 33.1. The molecule has 6 nitrogen and oxygen atoms in total. The molecule has 1 aromatic rings. The van der Waals surface area contributed by atoms with Crippen LogP contribution in [-0.4, -0.2) is 54.3 Å². The zero-order chi connectivity index (χ0) is 20.1. The summed E-state index contributed by atoms with van der Waals surface area (Å²) in [7, 11) is 0. The van der Waals surface area contributed by atoms with Crippen LogP contribution in [0.15, 0.2) is 30.3 Å². The predicted molar refractivity (Wildman–Crippen MR) is 106 cm³/mol. The van der Waals surface area contributed by atoms with E-state index in [-0.39, 0.29) is 36.5 Å². The van der Waals surface area contributed by atoms with Gasteiger partial charge < -0.3 is 24.1 Å². The first-order valence-corrected chi connectivity index (χ1v) is 11.0. The zero-order valence-corrected chi connectivity index (χ0v) is 16.9. The predicted octanol–water partition coefficient (Wildman–Crippen LogP) is 3.15. The molecule has 1 aromatic carbocycles. The van der Waals surface area contributed by atoms with Crippen molar-refractivity contribution in [3.63, 3.8) is 0 Å². The number of aliphatic hydroxyl groups is 1. The Labute approximate surface area is 172 Å². The molecular weight excluding hydrogens is 372 g/mol. The molecule has 0 aliphatic carbocycles. The second-order valence-corrected chi connectivity index (χ2v) is 8.40. The lowest BCUT2D eigenvalue weighted by Crippen LogP contribution is -2.33. The standard InChI is InChI=1S/C23H32O6/c24-17(7-4-14-26-15-16-5-2-1-3-6-16)18-8-9-19(27-18)20-10-11-21(28-20)22-12-13-23(25)29-22/h1-3,5-6,17-22,24H,4,7-15H2/t17-,18+,19-,20-,21-,22+/m1/s1. The molecule has 0 saturated carbocycles. The van der Waals surface area contributed by atoms with E-state index < -0.39 is 6.10 Å². The lowest BCUT2D eigenvalue weighted by molar-refractivity contribution is -0.149. The van der Waals surface area contributed by atoms with Crippen molar-refractivity contribution in [2.24, 2.45) is 0 Å². The number of hydrogen-bond acceptors (Lipinski definition) is 6. The molecule has 3 fully saturated rings. The van der Waals surface area contributed by atoms with Crippen molar-refractivity contribution in [3.8, 4) is 0 Å². The van der Waals surface area contributed by atoms with Crippen molar-refractivity contribution < 1.29 is 28.8 Å². The second-order valence-electron chi connectivity index (χ2n) is 8.40. The van der Waals surface area contributed by atoms with Gasteiger partial charge in [0.05, 0.1) is 37.1 Å². The summed E-state index contributed by atoms with van der Waals surface area (Å²) >= 11 is 0. The van der Waals surface area contributed by atoms with Crippen LogP contribution < -0.4 is 0 Å². The molecule has 6 heteroatoms. The molecule has 0 unspecified atom stereocenters. The van der Waals surface area contributed by atoms with E-state index in [1.54, 1.807) is 0 Å². The van der Waals surface area contributed by atoms with Gasteiger partial charge in [0.25, 0.3) is 0 Å². The molecule has 0 bridgehead atoms. The Hall–Kier alpha value is -1.47. The molecule has 29 heavy (non-hydrogen) atoms. The molecule has 0 radical (unpaired) electrons. The fourth-order valence-corrected chi connectivity index (χ4v) is 4.64. The Kier molecular flexibility index (Phi) is 7.19. The van der Waals surface area contributed by atoms with Crippen molar-refractivity contribution >= 4 is 5.97 Å². The van der Waals surface area contributed by atoms with Crippen LogP contribution in [0, 0.1) is 0 Å². The second kappa shape index (κ2) is 10.0. The van der Waals surface area contributed by atoms with Crippen LogP contribution >= 0.6 is 0 Å². The number of carbonyl (C=O) groups excluding carboxylic acids is 1. The van der Waals surface area contributed by atoms with E-state index in [0.29, 0.717) is 26.1 Å². The summed E-state index contributed by atoms with van der Waals surface area (Å²) in [5, 5.41) is 10.5. The van der Waals surface area contributed by atoms with Crippen LogP contribution in [0.2, 0.25) is 0 Å². The maximum absolute atomic E-state index is 11.3. The number of aliphatic hydroxyl groups excluding tert-OH is 1. The van der Waals surface area contributed by atoms with E-state index in [1.807, 2.05) is 30.3 Å². The first-order chi connectivity index (χ1) is 14.2. The number of hydrogen-bond donors (Lipinski definition) is 1. The van der Waals surface area contributed by atoms with E-state index in [2.05, 4.69) is 0 Å². The van der Waals surface area contributed by atoms with Crippen molar-refractivity contribution in [3.05, 3.63) is 35.9 Å². The Morgan fingerprint density at radius 1 is 0.966 bits per heavy atom. The smallest absolute Gasteiger partial charge is 0.306 e. The average molecular weight is 405 g/mol. The molecule has 4 rings (SSSR count). The molecule has 1 N–H and O–H groups in total. The van der Waals surface area contributed by atoms with Gasteiger partial charge in [-0.1, -0.05) is 30.3 Å². The van der Waals surface area contributed by atoms with Crippen LogP contribution in [0.25, 0.3) is 0 Å².